The van der Waals surface area contributed by atoms with Crippen molar-refractivity contribution in [3.05, 3.63) is 60.7 Å². The fraction of sp³-hybridized carbons (Fsp3) is 0.278. The SMILES string of the molecule is C=CCCN(CC=C)Cc1ccccc1OC(=O)C(=[N+]=[N-])C(C)=O. The molecule has 0 amide bonds. The zero-order valence-corrected chi connectivity index (χ0v) is 13.8. The van der Waals surface area contributed by atoms with E-state index >= 15 is 0 Å². The van der Waals surface area contributed by atoms with E-state index < -0.39 is 17.5 Å². The Kier molecular flexibility index (Phi) is 8.05. The molecule has 6 heteroatoms. The van der Waals surface area contributed by atoms with E-state index in [1.54, 1.807) is 18.2 Å². The summed E-state index contributed by atoms with van der Waals surface area (Å²) in [5.41, 5.74) is 8.90. The predicted molar refractivity (Wildman–Crippen MR) is 91.7 cm³/mol. The lowest BCUT2D eigenvalue weighted by molar-refractivity contribution is -0.134. The molecule has 0 radical (unpaired) electrons. The fourth-order valence-electron chi connectivity index (χ4n) is 2.07. The molecule has 0 saturated heterocycles. The molecule has 0 N–H and O–H groups in total. The molecule has 0 aliphatic heterocycles. The second-order valence-electron chi connectivity index (χ2n) is 5.10. The van der Waals surface area contributed by atoms with E-state index in [1.165, 1.54) is 0 Å². The summed E-state index contributed by atoms with van der Waals surface area (Å²) < 4.78 is 5.22. The van der Waals surface area contributed by atoms with Gasteiger partial charge in [-0.25, -0.2) is 4.79 Å². The summed E-state index contributed by atoms with van der Waals surface area (Å²) in [5.74, 6) is -1.34. The van der Waals surface area contributed by atoms with Crippen molar-refractivity contribution in [3.63, 3.8) is 0 Å². The van der Waals surface area contributed by atoms with Crippen LogP contribution >= 0.6 is 0 Å². The first-order valence-electron chi connectivity index (χ1n) is 7.50. The van der Waals surface area contributed by atoms with Crippen LogP contribution in [-0.4, -0.2) is 40.2 Å². The molecule has 1 rings (SSSR count). The molecule has 0 bridgehead atoms. The van der Waals surface area contributed by atoms with Crippen molar-refractivity contribution in [1.29, 1.82) is 0 Å². The van der Waals surface area contributed by atoms with Crippen molar-refractivity contribution in [2.24, 2.45) is 0 Å². The molecule has 0 heterocycles. The van der Waals surface area contributed by atoms with Crippen molar-refractivity contribution in [1.82, 2.24) is 4.90 Å². The van der Waals surface area contributed by atoms with Crippen LogP contribution in [0.15, 0.2) is 49.6 Å². The van der Waals surface area contributed by atoms with Gasteiger partial charge in [-0.1, -0.05) is 30.4 Å². The number of ketones is 1. The van der Waals surface area contributed by atoms with Crippen LogP contribution < -0.4 is 4.74 Å². The third kappa shape index (κ3) is 5.76. The largest absolute Gasteiger partial charge is 0.441 e. The van der Waals surface area contributed by atoms with E-state index in [2.05, 4.69) is 22.8 Å². The first kappa shape index (κ1) is 19.2. The molecular weight excluding hydrogens is 306 g/mol. The number of hydrogen-bond donors (Lipinski definition) is 0. The predicted octanol–water partition coefficient (Wildman–Crippen LogP) is 2.42. The molecule has 0 saturated carbocycles. The molecule has 6 nitrogen and oxygen atoms in total. The molecule has 24 heavy (non-hydrogen) atoms. The molecule has 0 aromatic heterocycles. The normalized spacial score (nSPS) is 9.92. The van der Waals surface area contributed by atoms with E-state index in [1.807, 2.05) is 18.2 Å². The number of benzene rings is 1. The number of para-hydroxylation sites is 1. The van der Waals surface area contributed by atoms with Crippen LogP contribution in [-0.2, 0) is 16.1 Å². The van der Waals surface area contributed by atoms with Gasteiger partial charge in [0, 0.05) is 32.1 Å². The minimum absolute atomic E-state index is 0.317. The van der Waals surface area contributed by atoms with Gasteiger partial charge in [-0.3, -0.25) is 9.69 Å². The van der Waals surface area contributed by atoms with Gasteiger partial charge in [0.15, 0.2) is 0 Å². The summed E-state index contributed by atoms with van der Waals surface area (Å²) in [6.07, 6.45) is 4.45. The number of carbonyl (C=O) groups excluding carboxylic acids is 2. The number of hydrogen-bond acceptors (Lipinski definition) is 4. The van der Waals surface area contributed by atoms with E-state index in [0.717, 1.165) is 25.5 Å². The zero-order chi connectivity index (χ0) is 17.9. The molecule has 1 aromatic carbocycles. The smallest absolute Gasteiger partial charge is 0.417 e. The van der Waals surface area contributed by atoms with Gasteiger partial charge < -0.3 is 10.3 Å². The zero-order valence-electron chi connectivity index (χ0n) is 13.8. The van der Waals surface area contributed by atoms with Gasteiger partial charge in [-0.15, -0.1) is 13.2 Å². The van der Waals surface area contributed by atoms with Gasteiger partial charge in [-0.2, -0.15) is 4.79 Å². The van der Waals surface area contributed by atoms with Crippen LogP contribution in [0.3, 0.4) is 0 Å². The van der Waals surface area contributed by atoms with Crippen LogP contribution in [0.25, 0.3) is 5.53 Å². The van der Waals surface area contributed by atoms with Crippen molar-refractivity contribution in [2.45, 2.75) is 19.9 Å². The number of carbonyl (C=O) groups is 2. The Labute approximate surface area is 141 Å². The van der Waals surface area contributed by atoms with Gasteiger partial charge in [0.1, 0.15) is 5.75 Å². The van der Waals surface area contributed by atoms with Crippen molar-refractivity contribution in [3.8, 4) is 5.75 Å². The first-order valence-corrected chi connectivity index (χ1v) is 7.50. The van der Waals surface area contributed by atoms with Gasteiger partial charge >= 0.3 is 11.7 Å². The molecule has 126 valence electrons. The highest BCUT2D eigenvalue weighted by molar-refractivity contribution is 6.62. The van der Waals surface area contributed by atoms with Gasteiger partial charge in [0.2, 0.25) is 5.78 Å². The molecule has 1 aromatic rings. The first-order chi connectivity index (χ1) is 11.5. The Morgan fingerprint density at radius 1 is 1.29 bits per heavy atom. The summed E-state index contributed by atoms with van der Waals surface area (Å²) in [7, 11) is 0. The Morgan fingerprint density at radius 2 is 2.00 bits per heavy atom. The van der Waals surface area contributed by atoms with Crippen molar-refractivity contribution < 1.29 is 19.1 Å². The lowest BCUT2D eigenvalue weighted by Gasteiger charge is -2.21. The average Bonchev–Trinajstić information content (AvgIpc) is 2.54. The third-order valence-electron chi connectivity index (χ3n) is 3.23. The maximum absolute atomic E-state index is 11.9. The average molecular weight is 327 g/mol. The number of rotatable bonds is 10. The number of Topliss-reactive ketones (excluding diaryl/α,β-unsaturated/α-hetero) is 1. The molecule has 0 spiro atoms. The summed E-state index contributed by atoms with van der Waals surface area (Å²) >= 11 is 0. The minimum atomic E-state index is -0.987. The lowest BCUT2D eigenvalue weighted by atomic mass is 10.1. The van der Waals surface area contributed by atoms with E-state index in [0.29, 0.717) is 18.8 Å². The summed E-state index contributed by atoms with van der Waals surface area (Å²) in [6, 6.07) is 7.01. The molecule has 0 aliphatic carbocycles. The number of esters is 1. The molecule has 0 atom stereocenters. The second kappa shape index (κ2) is 10.0. The standard InChI is InChI=1S/C18H21N3O3/c1-4-6-12-21(11-5-2)13-15-9-7-8-10-16(15)24-18(23)17(20-19)14(3)22/h4-5,7-10H,1-2,6,11-13H2,3H3. The lowest BCUT2D eigenvalue weighted by Crippen LogP contribution is -2.29. The molecule has 0 unspecified atom stereocenters. The van der Waals surface area contributed by atoms with Gasteiger partial charge in [-0.05, 0) is 12.5 Å². The monoisotopic (exact) mass is 327 g/mol. The molecule has 0 fully saturated rings. The maximum Gasteiger partial charge on any atom is 0.441 e. The Bertz CT molecular complexity index is 676. The van der Waals surface area contributed by atoms with Crippen molar-refractivity contribution in [2.75, 3.05) is 13.1 Å². The molecule has 0 aliphatic rings. The Balaban J connectivity index is 2.96. The van der Waals surface area contributed by atoms with Crippen LogP contribution in [0, 0.1) is 0 Å². The minimum Gasteiger partial charge on any atom is -0.417 e. The highest BCUT2D eigenvalue weighted by Crippen LogP contribution is 2.20. The Hall–Kier alpha value is -2.82. The van der Waals surface area contributed by atoms with Gasteiger partial charge in [0.25, 0.3) is 0 Å². The quantitative estimate of drug-likeness (QED) is 0.126. The topological polar surface area (TPSA) is 83.0 Å². The third-order valence-corrected chi connectivity index (χ3v) is 3.23. The highest BCUT2D eigenvalue weighted by atomic mass is 16.5. The fourth-order valence-corrected chi connectivity index (χ4v) is 2.07. The van der Waals surface area contributed by atoms with E-state index in [4.69, 9.17) is 10.3 Å². The maximum atomic E-state index is 11.9. The highest BCUT2D eigenvalue weighted by Gasteiger charge is 2.28. The second-order valence-corrected chi connectivity index (χ2v) is 5.10. The summed E-state index contributed by atoms with van der Waals surface area (Å²) in [5, 5.41) is 0. The number of ether oxygens (including phenoxy) is 1. The van der Waals surface area contributed by atoms with E-state index in [9.17, 15) is 9.59 Å². The van der Waals surface area contributed by atoms with Crippen LogP contribution in [0.5, 0.6) is 5.75 Å². The summed E-state index contributed by atoms with van der Waals surface area (Å²) in [6.45, 7) is 10.6. The number of nitrogens with zero attached hydrogens (tertiary/aromatic N) is 3. The summed E-state index contributed by atoms with van der Waals surface area (Å²) in [4.78, 5) is 28.0. The van der Waals surface area contributed by atoms with Crippen LogP contribution in [0.1, 0.15) is 18.9 Å². The van der Waals surface area contributed by atoms with Crippen LogP contribution in [0.4, 0.5) is 0 Å². The van der Waals surface area contributed by atoms with Gasteiger partial charge in [0.05, 0.1) is 0 Å². The molecular formula is C18H21N3O3. The van der Waals surface area contributed by atoms with Crippen LogP contribution in [0.2, 0.25) is 0 Å². The Morgan fingerprint density at radius 3 is 2.58 bits per heavy atom. The van der Waals surface area contributed by atoms with E-state index in [-0.39, 0.29) is 0 Å². The van der Waals surface area contributed by atoms with Crippen molar-refractivity contribution >= 4 is 17.5 Å².